The van der Waals surface area contributed by atoms with Crippen molar-refractivity contribution in [2.45, 2.75) is 30.2 Å². The van der Waals surface area contributed by atoms with Crippen LogP contribution in [0.2, 0.25) is 0 Å². The first kappa shape index (κ1) is 17.2. The van der Waals surface area contributed by atoms with E-state index >= 15 is 0 Å². The molecule has 6 heteroatoms. The van der Waals surface area contributed by atoms with E-state index in [-0.39, 0.29) is 11.3 Å². The van der Waals surface area contributed by atoms with E-state index < -0.39 is 9.84 Å². The minimum absolute atomic E-state index is 0.0897. The van der Waals surface area contributed by atoms with Gasteiger partial charge in [-0.2, -0.15) is 0 Å². The molecule has 0 amide bonds. The van der Waals surface area contributed by atoms with Gasteiger partial charge in [-0.05, 0) is 51.2 Å². The van der Waals surface area contributed by atoms with E-state index in [1.807, 2.05) is 12.1 Å². The van der Waals surface area contributed by atoms with Crippen LogP contribution in [0.25, 0.3) is 0 Å². The molecule has 5 nitrogen and oxygen atoms in total. The Morgan fingerprint density at radius 1 is 1.18 bits per heavy atom. The van der Waals surface area contributed by atoms with E-state index in [1.165, 1.54) is 0 Å². The van der Waals surface area contributed by atoms with Crippen molar-refractivity contribution in [3.05, 3.63) is 24.3 Å². The molecule has 0 bridgehead atoms. The van der Waals surface area contributed by atoms with Gasteiger partial charge >= 0.3 is 0 Å². The van der Waals surface area contributed by atoms with Crippen LogP contribution in [-0.4, -0.2) is 58.5 Å². The first-order valence-corrected chi connectivity index (χ1v) is 9.37. The summed E-state index contributed by atoms with van der Waals surface area (Å²) in [7, 11) is 1.07. The quantitative estimate of drug-likeness (QED) is 0.866. The third-order valence-corrected chi connectivity index (χ3v) is 6.34. The molecule has 124 valence electrons. The van der Waals surface area contributed by atoms with Gasteiger partial charge in [-0.1, -0.05) is 6.92 Å². The van der Waals surface area contributed by atoms with Crippen LogP contribution < -0.4 is 5.32 Å². The molecule has 1 aliphatic heterocycles. The number of nitrogens with zero attached hydrogens (tertiary/aromatic N) is 1. The van der Waals surface area contributed by atoms with E-state index in [0.717, 1.165) is 38.3 Å². The molecule has 0 spiro atoms. The van der Waals surface area contributed by atoms with Gasteiger partial charge in [0.1, 0.15) is 0 Å². The Morgan fingerprint density at radius 2 is 1.77 bits per heavy atom. The number of ether oxygens (including phenoxy) is 1. The van der Waals surface area contributed by atoms with Gasteiger partial charge in [0, 0.05) is 31.0 Å². The number of benzene rings is 1. The summed E-state index contributed by atoms with van der Waals surface area (Å²) in [4.78, 5) is 2.65. The maximum absolute atomic E-state index is 11.8. The number of likely N-dealkylation sites (N-methyl/N-ethyl adjacent to an activating group) is 1. The van der Waals surface area contributed by atoms with Gasteiger partial charge in [0.25, 0.3) is 0 Å². The number of hydrogen-bond donors (Lipinski definition) is 1. The lowest BCUT2D eigenvalue weighted by Crippen LogP contribution is -2.53. The molecule has 1 N–H and O–H groups in total. The number of sulfone groups is 1. The molecular formula is C16H26N2O3S. The normalized spacial score (nSPS) is 18.4. The largest absolute Gasteiger partial charge is 0.383 e. The molecular weight excluding hydrogens is 300 g/mol. The maximum Gasteiger partial charge on any atom is 0.178 e. The SMILES string of the molecule is CCS(=O)(=O)c1ccc(NCC2(N(C)C)CCOCC2)cc1. The van der Waals surface area contributed by atoms with Gasteiger partial charge in [-0.25, -0.2) is 8.42 Å². The lowest BCUT2D eigenvalue weighted by atomic mass is 9.88. The summed E-state index contributed by atoms with van der Waals surface area (Å²) in [6.07, 6.45) is 1.99. The summed E-state index contributed by atoms with van der Waals surface area (Å²) in [5.41, 5.74) is 1.04. The van der Waals surface area contributed by atoms with E-state index in [2.05, 4.69) is 24.3 Å². The minimum atomic E-state index is -3.13. The van der Waals surface area contributed by atoms with E-state index in [9.17, 15) is 8.42 Å². The predicted molar refractivity (Wildman–Crippen MR) is 89.1 cm³/mol. The fourth-order valence-corrected chi connectivity index (χ4v) is 3.63. The molecule has 22 heavy (non-hydrogen) atoms. The first-order chi connectivity index (χ1) is 10.4. The zero-order chi connectivity index (χ0) is 16.2. The smallest absolute Gasteiger partial charge is 0.178 e. The number of hydrogen-bond acceptors (Lipinski definition) is 5. The molecule has 1 aromatic rings. The predicted octanol–water partition coefficient (Wildman–Crippen LogP) is 2.00. The summed E-state index contributed by atoms with van der Waals surface area (Å²) in [5.74, 6) is 0.128. The molecule has 0 saturated carbocycles. The van der Waals surface area contributed by atoms with Crippen molar-refractivity contribution in [1.82, 2.24) is 4.90 Å². The third kappa shape index (κ3) is 3.80. The fraction of sp³-hybridized carbons (Fsp3) is 0.625. The lowest BCUT2D eigenvalue weighted by Gasteiger charge is -2.43. The second kappa shape index (κ2) is 6.98. The number of nitrogens with one attached hydrogen (secondary N) is 1. The Kier molecular flexibility index (Phi) is 5.47. The molecule has 1 saturated heterocycles. The Hall–Kier alpha value is -1.11. The fourth-order valence-electron chi connectivity index (χ4n) is 2.75. The highest BCUT2D eigenvalue weighted by Gasteiger charge is 2.34. The van der Waals surface area contributed by atoms with Gasteiger partial charge in [0.2, 0.25) is 0 Å². The van der Waals surface area contributed by atoms with Crippen LogP contribution in [0.4, 0.5) is 5.69 Å². The van der Waals surface area contributed by atoms with Crippen LogP contribution in [0.1, 0.15) is 19.8 Å². The second-order valence-corrected chi connectivity index (χ2v) is 8.29. The summed E-state index contributed by atoms with van der Waals surface area (Å²) < 4.78 is 29.1. The summed E-state index contributed by atoms with van der Waals surface area (Å²) in [5, 5.41) is 3.44. The third-order valence-electron chi connectivity index (χ3n) is 4.59. The average molecular weight is 326 g/mol. The first-order valence-electron chi connectivity index (χ1n) is 7.71. The van der Waals surface area contributed by atoms with E-state index in [4.69, 9.17) is 4.74 Å². The Bertz CT molecular complexity index is 576. The molecule has 1 fully saturated rings. The van der Waals surface area contributed by atoms with Gasteiger partial charge < -0.3 is 15.0 Å². The summed E-state index contributed by atoms with van der Waals surface area (Å²) in [6.45, 7) is 4.05. The van der Waals surface area contributed by atoms with Crippen molar-refractivity contribution >= 4 is 15.5 Å². The zero-order valence-corrected chi connectivity index (χ0v) is 14.4. The zero-order valence-electron chi connectivity index (χ0n) is 13.6. The Morgan fingerprint density at radius 3 is 2.27 bits per heavy atom. The van der Waals surface area contributed by atoms with Crippen LogP contribution >= 0.6 is 0 Å². The molecule has 1 aromatic carbocycles. The van der Waals surface area contributed by atoms with Crippen molar-refractivity contribution in [1.29, 1.82) is 0 Å². The highest BCUT2D eigenvalue weighted by atomic mass is 32.2. The van der Waals surface area contributed by atoms with Crippen molar-refractivity contribution in [3.63, 3.8) is 0 Å². The molecule has 2 rings (SSSR count). The van der Waals surface area contributed by atoms with Crippen LogP contribution in [0.15, 0.2) is 29.2 Å². The van der Waals surface area contributed by atoms with E-state index in [1.54, 1.807) is 19.1 Å². The molecule has 1 heterocycles. The molecule has 0 radical (unpaired) electrons. The highest BCUT2D eigenvalue weighted by Crippen LogP contribution is 2.26. The minimum Gasteiger partial charge on any atom is -0.383 e. The maximum atomic E-state index is 11.8. The average Bonchev–Trinajstić information content (AvgIpc) is 2.54. The summed E-state index contributed by atoms with van der Waals surface area (Å²) >= 11 is 0. The van der Waals surface area contributed by atoms with Crippen molar-refractivity contribution in [2.24, 2.45) is 0 Å². The van der Waals surface area contributed by atoms with Crippen LogP contribution in [0.3, 0.4) is 0 Å². The van der Waals surface area contributed by atoms with Gasteiger partial charge in [-0.3, -0.25) is 0 Å². The van der Waals surface area contributed by atoms with Gasteiger partial charge in [0.15, 0.2) is 9.84 Å². The summed E-state index contributed by atoms with van der Waals surface area (Å²) in [6, 6.07) is 7.03. The van der Waals surface area contributed by atoms with Crippen molar-refractivity contribution in [3.8, 4) is 0 Å². The Balaban J connectivity index is 2.04. The van der Waals surface area contributed by atoms with Gasteiger partial charge in [-0.15, -0.1) is 0 Å². The number of anilines is 1. The molecule has 0 aromatic heterocycles. The van der Waals surface area contributed by atoms with E-state index in [0.29, 0.717) is 4.90 Å². The lowest BCUT2D eigenvalue weighted by molar-refractivity contribution is -0.000628. The van der Waals surface area contributed by atoms with Crippen LogP contribution in [0, 0.1) is 0 Å². The van der Waals surface area contributed by atoms with Gasteiger partial charge in [0.05, 0.1) is 10.6 Å². The highest BCUT2D eigenvalue weighted by molar-refractivity contribution is 7.91. The second-order valence-electron chi connectivity index (χ2n) is 6.01. The standard InChI is InChI=1S/C16H26N2O3S/c1-4-22(19,20)15-7-5-14(6-8-15)17-13-16(18(2)3)9-11-21-12-10-16/h5-8,17H,4,9-13H2,1-3H3. The number of rotatable bonds is 6. The molecule has 0 unspecified atom stereocenters. The Labute approximate surface area is 133 Å². The monoisotopic (exact) mass is 326 g/mol. The molecule has 0 aliphatic carbocycles. The van der Waals surface area contributed by atoms with Crippen LogP contribution in [0.5, 0.6) is 0 Å². The van der Waals surface area contributed by atoms with Crippen molar-refractivity contribution in [2.75, 3.05) is 44.9 Å². The molecule has 0 atom stereocenters. The topological polar surface area (TPSA) is 58.6 Å². The molecule has 1 aliphatic rings. The van der Waals surface area contributed by atoms with Crippen LogP contribution in [-0.2, 0) is 14.6 Å². The van der Waals surface area contributed by atoms with Crippen molar-refractivity contribution < 1.29 is 13.2 Å².